The van der Waals surface area contributed by atoms with Crippen LogP contribution >= 0.6 is 0 Å². The lowest BCUT2D eigenvalue weighted by Gasteiger charge is -2.26. The van der Waals surface area contributed by atoms with Crippen LogP contribution in [0.25, 0.3) is 0 Å². The lowest BCUT2D eigenvalue weighted by molar-refractivity contribution is -0.152. The summed E-state index contributed by atoms with van der Waals surface area (Å²) >= 11 is 0. The van der Waals surface area contributed by atoms with Gasteiger partial charge in [0.25, 0.3) is 0 Å². The van der Waals surface area contributed by atoms with Gasteiger partial charge in [-0.2, -0.15) is 0 Å². The third-order valence-corrected chi connectivity index (χ3v) is 3.58. The SMILES string of the molecule is CCC(CC)(CC(=O)NC1CCOC1=O)C(=O)O. The van der Waals surface area contributed by atoms with Crippen molar-refractivity contribution < 1.29 is 24.2 Å². The van der Waals surface area contributed by atoms with Gasteiger partial charge in [-0.1, -0.05) is 13.8 Å². The summed E-state index contributed by atoms with van der Waals surface area (Å²) in [6.07, 6.45) is 1.09. The fourth-order valence-corrected chi connectivity index (χ4v) is 2.06. The molecule has 1 atom stereocenters. The van der Waals surface area contributed by atoms with Crippen LogP contribution < -0.4 is 5.32 Å². The lowest BCUT2D eigenvalue weighted by Crippen LogP contribution is -2.42. The molecule has 0 radical (unpaired) electrons. The summed E-state index contributed by atoms with van der Waals surface area (Å²) < 4.78 is 4.73. The van der Waals surface area contributed by atoms with Crippen molar-refractivity contribution in [1.82, 2.24) is 5.32 Å². The first-order valence-corrected chi connectivity index (χ1v) is 6.14. The molecule has 1 saturated heterocycles. The quantitative estimate of drug-likeness (QED) is 0.683. The second-order valence-corrected chi connectivity index (χ2v) is 4.55. The molecule has 1 aliphatic rings. The minimum absolute atomic E-state index is 0.112. The molecule has 18 heavy (non-hydrogen) atoms. The van der Waals surface area contributed by atoms with E-state index in [1.54, 1.807) is 13.8 Å². The molecule has 6 heteroatoms. The molecular formula is C12H19NO5. The van der Waals surface area contributed by atoms with Gasteiger partial charge in [0, 0.05) is 12.8 Å². The molecule has 0 bridgehead atoms. The number of amides is 1. The fourth-order valence-electron chi connectivity index (χ4n) is 2.06. The summed E-state index contributed by atoms with van der Waals surface area (Å²) in [5, 5.41) is 11.7. The molecule has 2 N–H and O–H groups in total. The Hall–Kier alpha value is -1.59. The topological polar surface area (TPSA) is 92.7 Å². The van der Waals surface area contributed by atoms with E-state index in [1.807, 2.05) is 0 Å². The van der Waals surface area contributed by atoms with Gasteiger partial charge in [0.1, 0.15) is 6.04 Å². The van der Waals surface area contributed by atoms with Crippen LogP contribution in [0.1, 0.15) is 39.5 Å². The van der Waals surface area contributed by atoms with Gasteiger partial charge in [0.15, 0.2) is 0 Å². The fraction of sp³-hybridized carbons (Fsp3) is 0.750. The monoisotopic (exact) mass is 257 g/mol. The molecule has 102 valence electrons. The van der Waals surface area contributed by atoms with Gasteiger partial charge < -0.3 is 15.2 Å². The van der Waals surface area contributed by atoms with Crippen molar-refractivity contribution in [2.45, 2.75) is 45.6 Å². The average molecular weight is 257 g/mol. The normalized spacial score (nSPS) is 19.4. The Morgan fingerprint density at radius 3 is 2.44 bits per heavy atom. The van der Waals surface area contributed by atoms with Gasteiger partial charge in [-0.25, -0.2) is 4.79 Å². The second kappa shape index (κ2) is 5.84. The maximum Gasteiger partial charge on any atom is 0.328 e. The summed E-state index contributed by atoms with van der Waals surface area (Å²) in [7, 11) is 0. The molecule has 0 aliphatic carbocycles. The molecule has 1 amide bonds. The number of hydrogen-bond acceptors (Lipinski definition) is 4. The van der Waals surface area contributed by atoms with Gasteiger partial charge in [-0.15, -0.1) is 0 Å². The Balaban J connectivity index is 2.62. The number of nitrogens with one attached hydrogen (secondary N) is 1. The first-order valence-electron chi connectivity index (χ1n) is 6.14. The zero-order chi connectivity index (χ0) is 13.8. The standard InChI is InChI=1S/C12H19NO5/c1-3-12(4-2,11(16)17)7-9(14)13-8-5-6-18-10(8)15/h8H,3-7H2,1-2H3,(H,13,14)(H,16,17). The molecule has 0 aromatic rings. The molecule has 1 rings (SSSR count). The summed E-state index contributed by atoms with van der Waals surface area (Å²) in [4.78, 5) is 34.2. The minimum atomic E-state index is -1.05. The van der Waals surface area contributed by atoms with Crippen molar-refractivity contribution in [1.29, 1.82) is 0 Å². The molecule has 1 fully saturated rings. The Labute approximate surface area is 106 Å². The van der Waals surface area contributed by atoms with Crippen LogP contribution in [0.5, 0.6) is 0 Å². The maximum absolute atomic E-state index is 11.8. The largest absolute Gasteiger partial charge is 0.481 e. The Morgan fingerprint density at radius 1 is 1.44 bits per heavy atom. The van der Waals surface area contributed by atoms with Gasteiger partial charge in [-0.3, -0.25) is 9.59 Å². The van der Waals surface area contributed by atoms with Crippen LogP contribution in [0.15, 0.2) is 0 Å². The highest BCUT2D eigenvalue weighted by Crippen LogP contribution is 2.31. The van der Waals surface area contributed by atoms with Crippen molar-refractivity contribution in [3.63, 3.8) is 0 Å². The van der Waals surface area contributed by atoms with E-state index in [1.165, 1.54) is 0 Å². The van der Waals surface area contributed by atoms with Gasteiger partial charge in [-0.05, 0) is 12.8 Å². The van der Waals surface area contributed by atoms with Crippen molar-refractivity contribution in [2.75, 3.05) is 6.61 Å². The van der Waals surface area contributed by atoms with E-state index in [0.29, 0.717) is 25.9 Å². The van der Waals surface area contributed by atoms with Crippen LogP contribution in [0.3, 0.4) is 0 Å². The third-order valence-electron chi connectivity index (χ3n) is 3.58. The van der Waals surface area contributed by atoms with Gasteiger partial charge >= 0.3 is 11.9 Å². The molecule has 1 unspecified atom stereocenters. The van der Waals surface area contributed by atoms with E-state index in [0.717, 1.165) is 0 Å². The first-order chi connectivity index (χ1) is 8.45. The van der Waals surface area contributed by atoms with E-state index >= 15 is 0 Å². The number of esters is 1. The Kier molecular flexibility index (Phi) is 4.69. The molecule has 1 heterocycles. The first kappa shape index (κ1) is 14.5. The number of aliphatic carboxylic acids is 1. The van der Waals surface area contributed by atoms with Crippen LogP contribution in [0.2, 0.25) is 0 Å². The average Bonchev–Trinajstić information content (AvgIpc) is 2.71. The number of carbonyl (C=O) groups excluding carboxylic acids is 2. The Bertz CT molecular complexity index is 348. The zero-order valence-corrected chi connectivity index (χ0v) is 10.7. The van der Waals surface area contributed by atoms with Crippen molar-refractivity contribution >= 4 is 17.8 Å². The molecule has 6 nitrogen and oxygen atoms in total. The van der Waals surface area contributed by atoms with Crippen molar-refractivity contribution in [3.8, 4) is 0 Å². The van der Waals surface area contributed by atoms with E-state index in [9.17, 15) is 19.5 Å². The molecule has 0 aromatic carbocycles. The lowest BCUT2D eigenvalue weighted by atomic mass is 9.79. The number of cyclic esters (lactones) is 1. The molecule has 0 aromatic heterocycles. The zero-order valence-electron chi connectivity index (χ0n) is 10.7. The van der Waals surface area contributed by atoms with E-state index in [-0.39, 0.29) is 6.42 Å². The number of carboxylic acid groups (broad SMARTS) is 1. The Morgan fingerprint density at radius 2 is 2.06 bits per heavy atom. The molecule has 0 spiro atoms. The van der Waals surface area contributed by atoms with E-state index in [4.69, 9.17) is 4.74 Å². The highest BCUT2D eigenvalue weighted by molar-refractivity contribution is 5.88. The summed E-state index contributed by atoms with van der Waals surface area (Å²) in [5.41, 5.74) is -1.05. The van der Waals surface area contributed by atoms with Gasteiger partial charge in [0.05, 0.1) is 12.0 Å². The molecule has 0 saturated carbocycles. The number of rotatable bonds is 6. The van der Waals surface area contributed by atoms with Crippen LogP contribution in [-0.4, -0.2) is 35.6 Å². The van der Waals surface area contributed by atoms with Crippen LogP contribution in [0.4, 0.5) is 0 Å². The van der Waals surface area contributed by atoms with Crippen LogP contribution in [-0.2, 0) is 19.1 Å². The second-order valence-electron chi connectivity index (χ2n) is 4.55. The number of carboxylic acids is 1. The summed E-state index contributed by atoms with van der Waals surface area (Å²) in [6.45, 7) is 3.79. The third kappa shape index (κ3) is 3.00. The van der Waals surface area contributed by atoms with Crippen molar-refractivity contribution in [3.05, 3.63) is 0 Å². The van der Waals surface area contributed by atoms with E-state index < -0.39 is 29.3 Å². The highest BCUT2D eigenvalue weighted by atomic mass is 16.5. The van der Waals surface area contributed by atoms with Gasteiger partial charge in [0.2, 0.25) is 5.91 Å². The smallest absolute Gasteiger partial charge is 0.328 e. The molecule has 1 aliphatic heterocycles. The number of hydrogen-bond donors (Lipinski definition) is 2. The predicted molar refractivity (Wildman–Crippen MR) is 62.8 cm³/mol. The number of ether oxygens (including phenoxy) is 1. The summed E-state index contributed by atoms with van der Waals surface area (Å²) in [6, 6.07) is -0.627. The maximum atomic E-state index is 11.8. The summed E-state index contributed by atoms with van der Waals surface area (Å²) in [5.74, 6) is -1.83. The van der Waals surface area contributed by atoms with E-state index in [2.05, 4.69) is 5.32 Å². The minimum Gasteiger partial charge on any atom is -0.481 e. The van der Waals surface area contributed by atoms with Crippen LogP contribution in [0, 0.1) is 5.41 Å². The number of carbonyl (C=O) groups is 3. The molecular weight excluding hydrogens is 238 g/mol. The van der Waals surface area contributed by atoms with Crippen molar-refractivity contribution in [2.24, 2.45) is 5.41 Å². The highest BCUT2D eigenvalue weighted by Gasteiger charge is 2.38. The predicted octanol–water partition coefficient (Wildman–Crippen LogP) is 0.699.